The van der Waals surface area contributed by atoms with Gasteiger partial charge in [0.25, 0.3) is 0 Å². The molecule has 1 heterocycles. The van der Waals surface area contributed by atoms with Gasteiger partial charge in [-0.25, -0.2) is 0 Å². The van der Waals surface area contributed by atoms with Crippen molar-refractivity contribution >= 4 is 5.78 Å². The van der Waals surface area contributed by atoms with E-state index in [-0.39, 0.29) is 12.4 Å². The summed E-state index contributed by atoms with van der Waals surface area (Å²) >= 11 is 0. The van der Waals surface area contributed by atoms with Crippen molar-refractivity contribution in [2.75, 3.05) is 6.61 Å². The third-order valence-electron chi connectivity index (χ3n) is 1.19. The van der Waals surface area contributed by atoms with Crippen LogP contribution in [0, 0.1) is 0 Å². The average Bonchev–Trinajstić information content (AvgIpc) is 2.31. The normalized spacial score (nSPS) is 15.1. The van der Waals surface area contributed by atoms with E-state index in [1.807, 2.05) is 13.8 Å². The first-order chi connectivity index (χ1) is 5.18. The number of carbonyl (C=O) groups is 1. The molecule has 2 heteroatoms. The summed E-state index contributed by atoms with van der Waals surface area (Å²) in [6.45, 7) is 4.05. The minimum Gasteiger partial charge on any atom is -0.485 e. The molecule has 58 valence electrons. The van der Waals surface area contributed by atoms with Gasteiger partial charge in [0.05, 0.1) is 0 Å². The first-order valence-electron chi connectivity index (χ1n) is 3.46. The summed E-state index contributed by atoms with van der Waals surface area (Å²) in [6.07, 6.45) is 3.16. The maximum absolute atomic E-state index is 10.6. The van der Waals surface area contributed by atoms with Crippen LogP contribution >= 0.6 is 0 Å². The zero-order chi connectivity index (χ0) is 8.27. The number of ketones is 1. The largest absolute Gasteiger partial charge is 0.485 e. The molecule has 2 nitrogen and oxygen atoms in total. The Morgan fingerprint density at radius 2 is 2.45 bits per heavy atom. The molecule has 1 rings (SSSR count). The average molecular weight is 150 g/mol. The molecular weight excluding hydrogens is 140 g/mol. The summed E-state index contributed by atoms with van der Waals surface area (Å²) in [5.74, 6) is 0.628. The fourth-order valence-corrected chi connectivity index (χ4v) is 0.695. The van der Waals surface area contributed by atoms with Crippen LogP contribution in [0.5, 0.6) is 0 Å². The SMILES string of the molecule is CC(C)=C=CC1=CC(=O)CO1. The number of rotatable bonds is 1. The smallest absolute Gasteiger partial charge is 0.196 e. The molecule has 0 amide bonds. The van der Waals surface area contributed by atoms with Crippen LogP contribution < -0.4 is 0 Å². The molecule has 0 saturated heterocycles. The monoisotopic (exact) mass is 150 g/mol. The molecule has 0 N–H and O–H groups in total. The van der Waals surface area contributed by atoms with Crippen LogP contribution in [0.4, 0.5) is 0 Å². The van der Waals surface area contributed by atoms with E-state index in [4.69, 9.17) is 4.74 Å². The number of hydrogen-bond acceptors (Lipinski definition) is 2. The van der Waals surface area contributed by atoms with Gasteiger partial charge in [-0.3, -0.25) is 4.79 Å². The van der Waals surface area contributed by atoms with Gasteiger partial charge in [-0.1, -0.05) is 0 Å². The second-order valence-electron chi connectivity index (χ2n) is 2.59. The Bertz CT molecular complexity index is 261. The summed E-state index contributed by atoms with van der Waals surface area (Å²) < 4.78 is 5.00. The van der Waals surface area contributed by atoms with Crippen LogP contribution in [0.3, 0.4) is 0 Å². The summed E-state index contributed by atoms with van der Waals surface area (Å²) in [5.41, 5.74) is 4.02. The lowest BCUT2D eigenvalue weighted by atomic mass is 10.3. The number of ether oxygens (including phenoxy) is 1. The molecule has 1 aliphatic rings. The van der Waals surface area contributed by atoms with E-state index in [0.717, 1.165) is 5.57 Å². The number of carbonyl (C=O) groups excluding carboxylic acids is 1. The maximum Gasteiger partial charge on any atom is 0.196 e. The topological polar surface area (TPSA) is 26.3 Å². The van der Waals surface area contributed by atoms with Crippen LogP contribution in [-0.2, 0) is 9.53 Å². The van der Waals surface area contributed by atoms with Crippen molar-refractivity contribution in [2.24, 2.45) is 0 Å². The van der Waals surface area contributed by atoms with Crippen LogP contribution in [-0.4, -0.2) is 12.4 Å². The van der Waals surface area contributed by atoms with E-state index in [1.165, 1.54) is 6.08 Å². The third-order valence-corrected chi connectivity index (χ3v) is 1.19. The number of hydrogen-bond donors (Lipinski definition) is 0. The van der Waals surface area contributed by atoms with Crippen molar-refractivity contribution in [3.63, 3.8) is 0 Å². The van der Waals surface area contributed by atoms with Crippen molar-refractivity contribution < 1.29 is 9.53 Å². The van der Waals surface area contributed by atoms with Gasteiger partial charge in [0, 0.05) is 12.2 Å². The molecule has 0 aromatic carbocycles. The lowest BCUT2D eigenvalue weighted by Crippen LogP contribution is -1.92. The van der Waals surface area contributed by atoms with Crippen molar-refractivity contribution in [1.82, 2.24) is 0 Å². The van der Waals surface area contributed by atoms with E-state index in [1.54, 1.807) is 6.08 Å². The molecule has 0 spiro atoms. The highest BCUT2D eigenvalue weighted by Crippen LogP contribution is 2.06. The maximum atomic E-state index is 10.6. The molecule has 0 atom stereocenters. The highest BCUT2D eigenvalue weighted by atomic mass is 16.5. The predicted octanol–water partition coefficient (Wildman–Crippen LogP) is 1.59. The van der Waals surface area contributed by atoms with Gasteiger partial charge in [0.1, 0.15) is 5.76 Å². The van der Waals surface area contributed by atoms with Crippen molar-refractivity contribution in [3.8, 4) is 0 Å². The first-order valence-corrected chi connectivity index (χ1v) is 3.46. The minimum atomic E-state index is 0.0202. The molecule has 0 aromatic rings. The van der Waals surface area contributed by atoms with Gasteiger partial charge in [0.15, 0.2) is 12.4 Å². The van der Waals surface area contributed by atoms with E-state index >= 15 is 0 Å². The summed E-state index contributed by atoms with van der Waals surface area (Å²) in [5, 5.41) is 0. The minimum absolute atomic E-state index is 0.0202. The Morgan fingerprint density at radius 1 is 1.73 bits per heavy atom. The number of allylic oxidation sites excluding steroid dienone is 1. The lowest BCUT2D eigenvalue weighted by Gasteiger charge is -1.91. The van der Waals surface area contributed by atoms with E-state index in [9.17, 15) is 4.79 Å². The molecule has 0 aliphatic carbocycles. The molecule has 11 heavy (non-hydrogen) atoms. The molecule has 0 saturated carbocycles. The van der Waals surface area contributed by atoms with Gasteiger partial charge in [-0.05, 0) is 19.4 Å². The molecule has 0 aromatic heterocycles. The fourth-order valence-electron chi connectivity index (χ4n) is 0.695. The fraction of sp³-hybridized carbons (Fsp3) is 0.333. The van der Waals surface area contributed by atoms with Crippen molar-refractivity contribution in [2.45, 2.75) is 13.8 Å². The summed E-state index contributed by atoms with van der Waals surface area (Å²) in [6, 6.07) is 0. The molecular formula is C9H10O2. The van der Waals surface area contributed by atoms with E-state index in [2.05, 4.69) is 5.73 Å². The Balaban J connectivity index is 2.72. The van der Waals surface area contributed by atoms with Gasteiger partial charge in [-0.15, -0.1) is 5.73 Å². The molecule has 0 unspecified atom stereocenters. The molecule has 0 fully saturated rings. The summed E-state index contributed by atoms with van der Waals surface area (Å²) in [7, 11) is 0. The quantitative estimate of drug-likeness (QED) is 0.530. The first kappa shape index (κ1) is 7.83. The second-order valence-corrected chi connectivity index (χ2v) is 2.59. The lowest BCUT2D eigenvalue weighted by molar-refractivity contribution is -0.115. The zero-order valence-electron chi connectivity index (χ0n) is 6.68. The highest BCUT2D eigenvalue weighted by molar-refractivity contribution is 5.93. The van der Waals surface area contributed by atoms with Gasteiger partial charge >= 0.3 is 0 Å². The zero-order valence-corrected chi connectivity index (χ0v) is 6.68. The van der Waals surface area contributed by atoms with Gasteiger partial charge in [0.2, 0.25) is 0 Å². The van der Waals surface area contributed by atoms with E-state index < -0.39 is 0 Å². The van der Waals surface area contributed by atoms with Gasteiger partial charge < -0.3 is 4.74 Å². The molecule has 1 aliphatic heterocycles. The Hall–Kier alpha value is -1.27. The Labute approximate surface area is 65.9 Å². The Kier molecular flexibility index (Phi) is 2.29. The van der Waals surface area contributed by atoms with Crippen molar-refractivity contribution in [1.29, 1.82) is 0 Å². The predicted molar refractivity (Wildman–Crippen MR) is 42.0 cm³/mol. The summed E-state index contributed by atoms with van der Waals surface area (Å²) in [4.78, 5) is 10.6. The highest BCUT2D eigenvalue weighted by Gasteiger charge is 2.09. The second kappa shape index (κ2) is 3.22. The van der Waals surface area contributed by atoms with Gasteiger partial charge in [-0.2, -0.15) is 0 Å². The third kappa shape index (κ3) is 2.44. The molecule has 0 bridgehead atoms. The molecule has 0 radical (unpaired) electrons. The standard InChI is InChI=1S/C9H10O2/c1-7(2)3-4-9-5-8(10)6-11-9/h4-5H,6H2,1-2H3. The van der Waals surface area contributed by atoms with Crippen LogP contribution in [0.2, 0.25) is 0 Å². The Morgan fingerprint density at radius 3 is 2.91 bits per heavy atom. The van der Waals surface area contributed by atoms with Crippen LogP contribution in [0.15, 0.2) is 29.2 Å². The van der Waals surface area contributed by atoms with Crippen LogP contribution in [0.25, 0.3) is 0 Å². The van der Waals surface area contributed by atoms with E-state index in [0.29, 0.717) is 5.76 Å². The van der Waals surface area contributed by atoms with Crippen molar-refractivity contribution in [3.05, 3.63) is 29.2 Å². The van der Waals surface area contributed by atoms with Crippen LogP contribution in [0.1, 0.15) is 13.8 Å².